The van der Waals surface area contributed by atoms with Gasteiger partial charge in [-0.1, -0.05) is 29.9 Å². The van der Waals surface area contributed by atoms with Crippen molar-refractivity contribution in [1.82, 2.24) is 0 Å². The maximum atomic E-state index is 3.84. The van der Waals surface area contributed by atoms with Crippen LogP contribution >= 0.6 is 0 Å². The molecule has 3 unspecified atom stereocenters. The number of allylic oxidation sites excluding steroid dienone is 5. The molecule has 0 spiro atoms. The third-order valence-electron chi connectivity index (χ3n) is 3.44. The van der Waals surface area contributed by atoms with Crippen LogP contribution in [0.2, 0.25) is 0 Å². The van der Waals surface area contributed by atoms with Crippen molar-refractivity contribution < 1.29 is 0 Å². The summed E-state index contributed by atoms with van der Waals surface area (Å²) in [6.07, 6.45) is 13.2. The Hall–Kier alpha value is -0.780. The van der Waals surface area contributed by atoms with E-state index in [1.54, 1.807) is 0 Å². The van der Waals surface area contributed by atoms with Gasteiger partial charge in [0.2, 0.25) is 0 Å². The van der Waals surface area contributed by atoms with Crippen molar-refractivity contribution in [1.29, 1.82) is 0 Å². The Labute approximate surface area is 81.0 Å². The lowest BCUT2D eigenvalue weighted by atomic mass is 9.83. The van der Waals surface area contributed by atoms with Gasteiger partial charge in [0.1, 0.15) is 0 Å². The number of hydrogen-bond acceptors (Lipinski definition) is 0. The first kappa shape index (κ1) is 8.80. The van der Waals surface area contributed by atoms with Crippen LogP contribution in [0.5, 0.6) is 0 Å². The summed E-state index contributed by atoms with van der Waals surface area (Å²) in [5.74, 6) is 2.50. The molecule has 0 aromatic carbocycles. The van der Waals surface area contributed by atoms with E-state index in [0.29, 0.717) is 0 Å². The Morgan fingerprint density at radius 2 is 2.38 bits per heavy atom. The molecule has 0 nitrogen and oxygen atoms in total. The van der Waals surface area contributed by atoms with Crippen molar-refractivity contribution >= 4 is 0 Å². The fourth-order valence-corrected chi connectivity index (χ4v) is 2.78. The molecule has 70 valence electrons. The van der Waals surface area contributed by atoms with Gasteiger partial charge in [0.25, 0.3) is 0 Å². The lowest BCUT2D eigenvalue weighted by Gasteiger charge is -2.22. The number of hydrogen-bond donors (Lipinski definition) is 0. The Morgan fingerprint density at radius 3 is 3.15 bits per heavy atom. The van der Waals surface area contributed by atoms with Gasteiger partial charge in [-0.15, -0.1) is 6.58 Å². The van der Waals surface area contributed by atoms with Gasteiger partial charge in [-0.3, -0.25) is 0 Å². The van der Waals surface area contributed by atoms with Gasteiger partial charge >= 0.3 is 0 Å². The molecule has 0 aromatic rings. The third-order valence-corrected chi connectivity index (χ3v) is 3.44. The molecule has 0 aromatic heterocycles. The van der Waals surface area contributed by atoms with Gasteiger partial charge in [0.15, 0.2) is 0 Å². The summed E-state index contributed by atoms with van der Waals surface area (Å²) in [4.78, 5) is 0. The third kappa shape index (κ3) is 1.63. The summed E-state index contributed by atoms with van der Waals surface area (Å²) >= 11 is 0. The van der Waals surface area contributed by atoms with Crippen molar-refractivity contribution in [3.63, 3.8) is 0 Å². The predicted octanol–water partition coefficient (Wildman–Crippen LogP) is 3.72. The Bertz CT molecular complexity index is 257. The van der Waals surface area contributed by atoms with Crippen LogP contribution in [0.3, 0.4) is 0 Å². The van der Waals surface area contributed by atoms with Gasteiger partial charge in [-0.25, -0.2) is 0 Å². The summed E-state index contributed by atoms with van der Waals surface area (Å²) in [5.41, 5.74) is 1.44. The van der Waals surface area contributed by atoms with Gasteiger partial charge in [0, 0.05) is 0 Å². The summed E-state index contributed by atoms with van der Waals surface area (Å²) < 4.78 is 0. The van der Waals surface area contributed by atoms with Crippen molar-refractivity contribution in [3.8, 4) is 0 Å². The van der Waals surface area contributed by atoms with Crippen LogP contribution in [-0.4, -0.2) is 0 Å². The topological polar surface area (TPSA) is 0 Å². The fourth-order valence-electron chi connectivity index (χ4n) is 2.78. The van der Waals surface area contributed by atoms with Crippen molar-refractivity contribution in [2.45, 2.75) is 26.2 Å². The zero-order valence-corrected chi connectivity index (χ0v) is 8.37. The van der Waals surface area contributed by atoms with Gasteiger partial charge in [-0.2, -0.15) is 0 Å². The highest BCUT2D eigenvalue weighted by molar-refractivity contribution is 5.25. The van der Waals surface area contributed by atoms with Crippen molar-refractivity contribution in [3.05, 3.63) is 36.5 Å². The van der Waals surface area contributed by atoms with Crippen LogP contribution in [0.25, 0.3) is 0 Å². The second-order valence-electron chi connectivity index (χ2n) is 4.37. The molecule has 0 radical (unpaired) electrons. The van der Waals surface area contributed by atoms with Gasteiger partial charge in [-0.05, 0) is 43.9 Å². The first-order chi connectivity index (χ1) is 6.31. The van der Waals surface area contributed by atoms with E-state index in [4.69, 9.17) is 0 Å². The molecule has 0 heteroatoms. The minimum Gasteiger partial charge on any atom is -0.103 e. The van der Waals surface area contributed by atoms with Crippen LogP contribution in [0, 0.1) is 17.8 Å². The molecule has 0 amide bonds. The molecular formula is C13H18. The molecule has 1 saturated carbocycles. The van der Waals surface area contributed by atoms with E-state index < -0.39 is 0 Å². The highest BCUT2D eigenvalue weighted by atomic mass is 14.4. The van der Waals surface area contributed by atoms with E-state index in [2.05, 4.69) is 37.8 Å². The summed E-state index contributed by atoms with van der Waals surface area (Å²) in [5, 5.41) is 0. The molecule has 0 aliphatic heterocycles. The minimum absolute atomic E-state index is 0.807. The standard InChI is InChI=1S/C13H18/c1-3-4-11-6-7-12-9-10(2)5-8-13(11)12/h3,5,8-9,11-13H,1,4,6-7H2,2H3. The van der Waals surface area contributed by atoms with Gasteiger partial charge < -0.3 is 0 Å². The molecule has 0 bridgehead atoms. The average Bonchev–Trinajstić information content (AvgIpc) is 2.49. The fraction of sp³-hybridized carbons (Fsp3) is 0.538. The summed E-state index contributed by atoms with van der Waals surface area (Å²) in [7, 11) is 0. The first-order valence-corrected chi connectivity index (χ1v) is 5.29. The number of rotatable bonds is 2. The molecule has 2 aliphatic carbocycles. The smallest absolute Gasteiger partial charge is 0.0136 e. The summed E-state index contributed by atoms with van der Waals surface area (Å²) in [6.45, 7) is 6.04. The zero-order chi connectivity index (χ0) is 9.26. The van der Waals surface area contributed by atoms with Crippen molar-refractivity contribution in [2.24, 2.45) is 17.8 Å². The largest absolute Gasteiger partial charge is 0.103 e. The predicted molar refractivity (Wildman–Crippen MR) is 57.4 cm³/mol. The quantitative estimate of drug-likeness (QED) is 0.560. The SMILES string of the molecule is C=CCC1CCC2C=C(C)C=CC21. The minimum atomic E-state index is 0.807. The van der Waals surface area contributed by atoms with Crippen LogP contribution in [0.4, 0.5) is 0 Å². The molecular weight excluding hydrogens is 156 g/mol. The lowest BCUT2D eigenvalue weighted by molar-refractivity contribution is 0.421. The zero-order valence-electron chi connectivity index (χ0n) is 8.37. The van der Waals surface area contributed by atoms with Crippen LogP contribution in [-0.2, 0) is 0 Å². The highest BCUT2D eigenvalue weighted by Crippen LogP contribution is 2.43. The molecule has 0 heterocycles. The molecule has 13 heavy (non-hydrogen) atoms. The van der Waals surface area contributed by atoms with E-state index in [-0.39, 0.29) is 0 Å². The van der Waals surface area contributed by atoms with E-state index in [1.807, 2.05) is 0 Å². The van der Waals surface area contributed by atoms with E-state index in [0.717, 1.165) is 17.8 Å². The summed E-state index contributed by atoms with van der Waals surface area (Å²) in [6, 6.07) is 0. The highest BCUT2D eigenvalue weighted by Gasteiger charge is 2.33. The molecule has 0 saturated heterocycles. The van der Waals surface area contributed by atoms with Crippen molar-refractivity contribution in [2.75, 3.05) is 0 Å². The Kier molecular flexibility index (Phi) is 2.39. The maximum absolute atomic E-state index is 3.84. The average molecular weight is 174 g/mol. The first-order valence-electron chi connectivity index (χ1n) is 5.29. The van der Waals surface area contributed by atoms with E-state index in [9.17, 15) is 0 Å². The molecule has 2 rings (SSSR count). The number of fused-ring (bicyclic) bond motifs is 1. The van der Waals surface area contributed by atoms with Crippen LogP contribution in [0.15, 0.2) is 36.5 Å². The second-order valence-corrected chi connectivity index (χ2v) is 4.37. The maximum Gasteiger partial charge on any atom is -0.0136 e. The molecule has 1 fully saturated rings. The van der Waals surface area contributed by atoms with E-state index >= 15 is 0 Å². The van der Waals surface area contributed by atoms with Gasteiger partial charge in [0.05, 0.1) is 0 Å². The lowest BCUT2D eigenvalue weighted by Crippen LogP contribution is -2.13. The normalized spacial score (nSPS) is 37.0. The molecule has 0 N–H and O–H groups in total. The Morgan fingerprint density at radius 1 is 1.54 bits per heavy atom. The van der Waals surface area contributed by atoms with E-state index in [1.165, 1.54) is 24.8 Å². The van der Waals surface area contributed by atoms with Crippen LogP contribution < -0.4 is 0 Å². The monoisotopic (exact) mass is 174 g/mol. The molecule has 3 atom stereocenters. The molecule has 2 aliphatic rings. The second kappa shape index (κ2) is 3.53. The van der Waals surface area contributed by atoms with Crippen LogP contribution in [0.1, 0.15) is 26.2 Å². The Balaban J connectivity index is 2.10.